The molecule has 0 bridgehead atoms. The highest BCUT2D eigenvalue weighted by Gasteiger charge is 2.09. The molecule has 0 spiro atoms. The van der Waals surface area contributed by atoms with E-state index in [9.17, 15) is 9.59 Å². The van der Waals surface area contributed by atoms with Gasteiger partial charge in [0.25, 0.3) is 0 Å². The number of hydrogen-bond donors (Lipinski definition) is 0. The second-order valence-corrected chi connectivity index (χ2v) is 2.69. The maximum Gasteiger partial charge on any atom is 0.338 e. The second kappa shape index (κ2) is 5.90. The van der Waals surface area contributed by atoms with Crippen molar-refractivity contribution < 1.29 is 24.5 Å². The molecule has 0 saturated carbocycles. The number of rotatable bonds is 4. The average Bonchev–Trinajstić information content (AvgIpc) is 2.37. The summed E-state index contributed by atoms with van der Waals surface area (Å²) in [5, 5.41) is 0. The molecule has 0 saturated heterocycles. The van der Waals surface area contributed by atoms with Crippen molar-refractivity contribution in [2.75, 3.05) is 13.2 Å². The first kappa shape index (κ1) is 7.44. The largest absolute Gasteiger partial charge is 0.462 e. The molecular formula is C12H14O4. The van der Waals surface area contributed by atoms with Crippen LogP contribution in [0.15, 0.2) is 24.2 Å². The quantitative estimate of drug-likeness (QED) is 0.737. The van der Waals surface area contributed by atoms with Gasteiger partial charge >= 0.3 is 11.9 Å². The fourth-order valence-electron chi connectivity index (χ4n) is 0.923. The highest BCUT2D eigenvalue weighted by molar-refractivity contribution is 5.93. The van der Waals surface area contributed by atoms with E-state index in [2.05, 4.69) is 9.47 Å². The van der Waals surface area contributed by atoms with Crippen molar-refractivity contribution in [3.8, 4) is 0 Å². The van der Waals surface area contributed by atoms with Crippen LogP contribution in [0.4, 0.5) is 0 Å². The Morgan fingerprint density at radius 3 is 1.56 bits per heavy atom. The highest BCUT2D eigenvalue weighted by Crippen LogP contribution is 2.07. The van der Waals surface area contributed by atoms with Crippen LogP contribution in [0.1, 0.15) is 40.0 Å². The van der Waals surface area contributed by atoms with Gasteiger partial charge in [-0.25, -0.2) is 9.59 Å². The topological polar surface area (TPSA) is 52.6 Å². The molecule has 0 aliphatic carbocycles. The lowest BCUT2D eigenvalue weighted by atomic mass is 10.1. The molecule has 1 aromatic rings. The molecule has 0 aliphatic rings. The molecule has 4 nitrogen and oxygen atoms in total. The van der Waals surface area contributed by atoms with Gasteiger partial charge in [-0.2, -0.15) is 0 Å². The van der Waals surface area contributed by atoms with Crippen molar-refractivity contribution in [1.82, 2.24) is 0 Å². The van der Waals surface area contributed by atoms with Crippen molar-refractivity contribution in [2.45, 2.75) is 13.8 Å². The Labute approximate surface area is 99.8 Å². The third-order valence-corrected chi connectivity index (χ3v) is 1.58. The van der Waals surface area contributed by atoms with E-state index in [1.807, 2.05) is 0 Å². The van der Waals surface area contributed by atoms with Gasteiger partial charge in [-0.3, -0.25) is 0 Å². The minimum Gasteiger partial charge on any atom is -0.462 e. The Hall–Kier alpha value is -1.84. The van der Waals surface area contributed by atoms with Gasteiger partial charge in [0, 0.05) is 0 Å². The van der Waals surface area contributed by atoms with E-state index < -0.39 is 47.2 Å². The standard InChI is InChI=1S/C12H14O4/c1-3-15-11(13)9-5-7-10(8-6-9)12(14)16-4-2/h5-8H,3-4H2,1-2H3/i5D,6D,7D,8D. The first-order valence-corrected chi connectivity index (χ1v) is 4.81. The fourth-order valence-corrected chi connectivity index (χ4v) is 0.923. The van der Waals surface area contributed by atoms with Crippen molar-refractivity contribution in [1.29, 1.82) is 0 Å². The molecule has 1 rings (SSSR count). The van der Waals surface area contributed by atoms with E-state index in [0.717, 1.165) is 0 Å². The Morgan fingerprint density at radius 1 is 1.00 bits per heavy atom. The first-order valence-electron chi connectivity index (χ1n) is 6.81. The summed E-state index contributed by atoms with van der Waals surface area (Å²) >= 11 is 0. The van der Waals surface area contributed by atoms with Crippen LogP contribution < -0.4 is 0 Å². The summed E-state index contributed by atoms with van der Waals surface area (Å²) in [6.07, 6.45) is 0. The van der Waals surface area contributed by atoms with Gasteiger partial charge in [0.1, 0.15) is 0 Å². The maximum atomic E-state index is 11.7. The van der Waals surface area contributed by atoms with E-state index >= 15 is 0 Å². The number of carbonyl (C=O) groups is 2. The van der Waals surface area contributed by atoms with E-state index in [1.54, 1.807) is 13.8 Å². The molecule has 0 heterocycles. The summed E-state index contributed by atoms with van der Waals surface area (Å²) in [7, 11) is 0. The van der Waals surface area contributed by atoms with Gasteiger partial charge in [-0.05, 0) is 38.0 Å². The SMILES string of the molecule is [2H]c1c([2H])c(C(=O)OCC)c([2H])c([2H])c1C(=O)OCC. The van der Waals surface area contributed by atoms with Crippen molar-refractivity contribution in [3.63, 3.8) is 0 Å². The van der Waals surface area contributed by atoms with E-state index in [4.69, 9.17) is 5.48 Å². The number of ether oxygens (including phenoxy) is 2. The van der Waals surface area contributed by atoms with Crippen molar-refractivity contribution in [2.24, 2.45) is 0 Å². The summed E-state index contributed by atoms with van der Waals surface area (Å²) in [5.41, 5.74) is -0.982. The van der Waals surface area contributed by atoms with Gasteiger partial charge in [-0.15, -0.1) is 0 Å². The molecule has 0 N–H and O–H groups in total. The Morgan fingerprint density at radius 2 is 1.31 bits per heavy atom. The van der Waals surface area contributed by atoms with E-state index in [0.29, 0.717) is 0 Å². The summed E-state index contributed by atoms with van der Waals surface area (Å²) in [4.78, 5) is 23.3. The third kappa shape index (κ3) is 3.08. The fraction of sp³-hybridized carbons (Fsp3) is 0.333. The predicted octanol–water partition coefficient (Wildman–Crippen LogP) is 2.04. The summed E-state index contributed by atoms with van der Waals surface area (Å²) < 4.78 is 40.2. The number of benzene rings is 1. The second-order valence-electron chi connectivity index (χ2n) is 2.69. The van der Waals surface area contributed by atoms with E-state index in [-0.39, 0.29) is 13.2 Å². The minimum atomic E-state index is -0.958. The monoisotopic (exact) mass is 226 g/mol. The van der Waals surface area contributed by atoms with Crippen LogP contribution in [0.3, 0.4) is 0 Å². The average molecular weight is 226 g/mol. The zero-order valence-electron chi connectivity index (χ0n) is 13.0. The van der Waals surface area contributed by atoms with Crippen LogP contribution in [-0.2, 0) is 9.47 Å². The lowest BCUT2D eigenvalue weighted by Gasteiger charge is -2.03. The maximum absolute atomic E-state index is 11.7. The molecule has 0 amide bonds. The first-order chi connectivity index (χ1) is 9.36. The van der Waals surface area contributed by atoms with Crippen LogP contribution >= 0.6 is 0 Å². The number of carbonyl (C=O) groups excluding carboxylic acids is 2. The van der Waals surface area contributed by atoms with Gasteiger partial charge in [0.15, 0.2) is 0 Å². The van der Waals surface area contributed by atoms with Gasteiger partial charge in [0.05, 0.1) is 29.8 Å². The molecule has 0 radical (unpaired) electrons. The molecule has 4 heteroatoms. The Balaban J connectivity index is 3.49. The summed E-state index contributed by atoms with van der Waals surface area (Å²) in [6.45, 7) is 3.19. The molecule has 0 aliphatic heterocycles. The molecule has 0 aromatic heterocycles. The summed E-state index contributed by atoms with van der Waals surface area (Å²) in [5.74, 6) is -1.92. The molecular weight excluding hydrogens is 208 g/mol. The molecule has 0 fully saturated rings. The normalized spacial score (nSPS) is 13.1. The molecule has 86 valence electrons. The van der Waals surface area contributed by atoms with Crippen molar-refractivity contribution in [3.05, 3.63) is 35.3 Å². The Bertz CT molecular complexity index is 479. The summed E-state index contributed by atoms with van der Waals surface area (Å²) in [6, 6.07) is -2.47. The van der Waals surface area contributed by atoms with Crippen LogP contribution in [0.25, 0.3) is 0 Å². The smallest absolute Gasteiger partial charge is 0.338 e. The van der Waals surface area contributed by atoms with Crippen LogP contribution in [0.2, 0.25) is 0 Å². The van der Waals surface area contributed by atoms with Crippen LogP contribution in [-0.4, -0.2) is 25.2 Å². The molecule has 0 unspecified atom stereocenters. The van der Waals surface area contributed by atoms with Crippen molar-refractivity contribution >= 4 is 11.9 Å². The zero-order chi connectivity index (χ0) is 15.4. The minimum absolute atomic E-state index is 0.0397. The van der Waals surface area contributed by atoms with Gasteiger partial charge < -0.3 is 9.47 Å². The van der Waals surface area contributed by atoms with Gasteiger partial charge in [0.2, 0.25) is 0 Å². The molecule has 1 aromatic carbocycles. The van der Waals surface area contributed by atoms with Gasteiger partial charge in [-0.1, -0.05) is 0 Å². The zero-order valence-corrected chi connectivity index (χ0v) is 9.05. The van der Waals surface area contributed by atoms with Crippen LogP contribution in [0, 0.1) is 0 Å². The number of esters is 2. The predicted molar refractivity (Wildman–Crippen MR) is 58.4 cm³/mol. The Kier molecular flexibility index (Phi) is 2.74. The lowest BCUT2D eigenvalue weighted by molar-refractivity contribution is 0.0511. The number of hydrogen-bond acceptors (Lipinski definition) is 4. The van der Waals surface area contributed by atoms with Crippen LogP contribution in [0.5, 0.6) is 0 Å². The van der Waals surface area contributed by atoms with E-state index in [1.165, 1.54) is 0 Å². The lowest BCUT2D eigenvalue weighted by Crippen LogP contribution is -2.07. The molecule has 0 atom stereocenters. The molecule has 16 heavy (non-hydrogen) atoms. The highest BCUT2D eigenvalue weighted by atomic mass is 16.5. The third-order valence-electron chi connectivity index (χ3n) is 1.58.